The van der Waals surface area contributed by atoms with Crippen LogP contribution in [0.15, 0.2) is 24.7 Å². The van der Waals surface area contributed by atoms with Gasteiger partial charge in [-0.1, -0.05) is 6.07 Å². The Morgan fingerprint density at radius 2 is 1.92 bits per heavy atom. The van der Waals surface area contributed by atoms with Crippen LogP contribution in [0.2, 0.25) is 0 Å². The second-order valence-corrected chi connectivity index (χ2v) is 2.54. The monoisotopic (exact) mass is 173 g/mol. The molecule has 2 heterocycles. The summed E-state index contributed by atoms with van der Waals surface area (Å²) in [5.41, 5.74) is 1.74. The van der Waals surface area contributed by atoms with E-state index >= 15 is 0 Å². The number of aryl methyl sites for hydroxylation is 1. The summed E-state index contributed by atoms with van der Waals surface area (Å²) in [7, 11) is 0. The zero-order valence-electron chi connectivity index (χ0n) is 7.05. The molecule has 0 aromatic carbocycles. The van der Waals surface area contributed by atoms with Gasteiger partial charge in [-0.15, -0.1) is 20.4 Å². The molecule has 5 nitrogen and oxygen atoms in total. The average Bonchev–Trinajstić information content (AvgIpc) is 2.20. The second-order valence-electron chi connectivity index (χ2n) is 2.54. The summed E-state index contributed by atoms with van der Waals surface area (Å²) in [4.78, 5) is 4.14. The number of rotatable bonds is 1. The summed E-state index contributed by atoms with van der Waals surface area (Å²) in [6.07, 6.45) is 2.99. The van der Waals surface area contributed by atoms with E-state index in [1.165, 1.54) is 6.33 Å². The normalized spacial score (nSPS) is 9.92. The van der Waals surface area contributed by atoms with Gasteiger partial charge >= 0.3 is 0 Å². The number of hydrogen-bond donors (Lipinski definition) is 0. The maximum absolute atomic E-state index is 4.14. The number of aromatic nitrogens is 5. The van der Waals surface area contributed by atoms with Crippen molar-refractivity contribution in [3.63, 3.8) is 0 Å². The predicted molar refractivity (Wildman–Crippen MR) is 45.6 cm³/mol. The highest BCUT2D eigenvalue weighted by atomic mass is 15.3. The van der Waals surface area contributed by atoms with Crippen molar-refractivity contribution in [2.75, 3.05) is 0 Å². The molecule has 0 unspecified atom stereocenters. The molecule has 0 N–H and O–H groups in total. The molecule has 0 atom stereocenters. The predicted octanol–water partition coefficient (Wildman–Crippen LogP) is 0.637. The van der Waals surface area contributed by atoms with Gasteiger partial charge in [-0.2, -0.15) is 0 Å². The SMILES string of the molecule is Cc1cccnc1-c1nncnn1. The molecule has 0 fully saturated rings. The summed E-state index contributed by atoms with van der Waals surface area (Å²) in [6, 6.07) is 3.81. The fraction of sp³-hybridized carbons (Fsp3) is 0.125. The molecule has 0 radical (unpaired) electrons. The molecular weight excluding hydrogens is 166 g/mol. The molecule has 0 amide bonds. The largest absolute Gasteiger partial charge is 0.252 e. The van der Waals surface area contributed by atoms with Gasteiger partial charge in [0.25, 0.3) is 0 Å². The Hall–Kier alpha value is -1.91. The first-order chi connectivity index (χ1) is 6.38. The van der Waals surface area contributed by atoms with E-state index in [0.29, 0.717) is 5.82 Å². The van der Waals surface area contributed by atoms with E-state index in [4.69, 9.17) is 0 Å². The second kappa shape index (κ2) is 3.22. The third kappa shape index (κ3) is 1.48. The highest BCUT2D eigenvalue weighted by molar-refractivity contribution is 5.52. The first kappa shape index (κ1) is 7.72. The van der Waals surface area contributed by atoms with E-state index in [-0.39, 0.29) is 0 Å². The van der Waals surface area contributed by atoms with Crippen molar-refractivity contribution in [2.45, 2.75) is 6.92 Å². The van der Waals surface area contributed by atoms with Crippen molar-refractivity contribution in [3.05, 3.63) is 30.2 Å². The highest BCUT2D eigenvalue weighted by Crippen LogP contribution is 2.13. The molecule has 2 aromatic heterocycles. The fourth-order valence-electron chi connectivity index (χ4n) is 1.02. The summed E-state index contributed by atoms with van der Waals surface area (Å²) in [5.74, 6) is 0.459. The molecule has 2 aromatic rings. The molecule has 2 rings (SSSR count). The van der Waals surface area contributed by atoms with Crippen LogP contribution in [0, 0.1) is 6.92 Å². The third-order valence-electron chi connectivity index (χ3n) is 1.63. The van der Waals surface area contributed by atoms with Gasteiger partial charge in [0.15, 0.2) is 6.33 Å². The Morgan fingerprint density at radius 1 is 1.15 bits per heavy atom. The van der Waals surface area contributed by atoms with Crippen LogP contribution < -0.4 is 0 Å². The van der Waals surface area contributed by atoms with Crippen LogP contribution in [0.5, 0.6) is 0 Å². The lowest BCUT2D eigenvalue weighted by molar-refractivity contribution is 0.857. The van der Waals surface area contributed by atoms with Gasteiger partial charge in [-0.05, 0) is 18.6 Å². The summed E-state index contributed by atoms with van der Waals surface area (Å²) >= 11 is 0. The molecule has 0 bridgehead atoms. The van der Waals surface area contributed by atoms with Crippen LogP contribution in [0.3, 0.4) is 0 Å². The van der Waals surface area contributed by atoms with Gasteiger partial charge in [-0.3, -0.25) is 4.98 Å². The van der Waals surface area contributed by atoms with Gasteiger partial charge in [-0.25, -0.2) is 0 Å². The van der Waals surface area contributed by atoms with E-state index in [0.717, 1.165) is 11.3 Å². The Bertz CT molecular complexity index is 400. The standard InChI is InChI=1S/C8H7N5/c1-6-3-2-4-9-7(6)8-12-10-5-11-13-8/h2-5H,1H3. The summed E-state index contributed by atoms with van der Waals surface area (Å²) < 4.78 is 0. The quantitative estimate of drug-likeness (QED) is 0.633. The smallest absolute Gasteiger partial charge is 0.222 e. The van der Waals surface area contributed by atoms with E-state index in [9.17, 15) is 0 Å². The lowest BCUT2D eigenvalue weighted by Crippen LogP contribution is -1.97. The first-order valence-corrected chi connectivity index (χ1v) is 3.80. The van der Waals surface area contributed by atoms with Crippen LogP contribution >= 0.6 is 0 Å². The minimum Gasteiger partial charge on any atom is -0.252 e. The molecule has 0 aliphatic carbocycles. The Balaban J connectivity index is 2.54. The molecule has 13 heavy (non-hydrogen) atoms. The van der Waals surface area contributed by atoms with Crippen LogP contribution in [-0.2, 0) is 0 Å². The summed E-state index contributed by atoms with van der Waals surface area (Å²) in [6.45, 7) is 1.94. The molecule has 0 aliphatic rings. The van der Waals surface area contributed by atoms with Crippen LogP contribution in [-0.4, -0.2) is 25.4 Å². The molecule has 5 heteroatoms. The zero-order valence-corrected chi connectivity index (χ0v) is 7.05. The molecule has 0 saturated carbocycles. The van der Waals surface area contributed by atoms with Crippen LogP contribution in [0.4, 0.5) is 0 Å². The van der Waals surface area contributed by atoms with Gasteiger partial charge in [0.05, 0.1) is 0 Å². The van der Waals surface area contributed by atoms with Crippen LogP contribution in [0.1, 0.15) is 5.56 Å². The first-order valence-electron chi connectivity index (χ1n) is 3.80. The van der Waals surface area contributed by atoms with E-state index in [2.05, 4.69) is 25.4 Å². The third-order valence-corrected chi connectivity index (χ3v) is 1.63. The van der Waals surface area contributed by atoms with Crippen molar-refractivity contribution in [2.24, 2.45) is 0 Å². The van der Waals surface area contributed by atoms with E-state index < -0.39 is 0 Å². The Morgan fingerprint density at radius 3 is 2.62 bits per heavy atom. The fourth-order valence-corrected chi connectivity index (χ4v) is 1.02. The van der Waals surface area contributed by atoms with Crippen molar-refractivity contribution >= 4 is 0 Å². The topological polar surface area (TPSA) is 64.5 Å². The Labute approximate surface area is 74.9 Å². The minimum atomic E-state index is 0.459. The lowest BCUT2D eigenvalue weighted by Gasteiger charge is -1.98. The van der Waals surface area contributed by atoms with Crippen LogP contribution in [0.25, 0.3) is 11.5 Å². The minimum absolute atomic E-state index is 0.459. The molecule has 0 aliphatic heterocycles. The zero-order chi connectivity index (χ0) is 9.10. The van der Waals surface area contributed by atoms with Gasteiger partial charge < -0.3 is 0 Å². The van der Waals surface area contributed by atoms with Crippen molar-refractivity contribution in [1.29, 1.82) is 0 Å². The molecule has 64 valence electrons. The van der Waals surface area contributed by atoms with E-state index in [1.54, 1.807) is 6.20 Å². The van der Waals surface area contributed by atoms with Gasteiger partial charge in [0.1, 0.15) is 5.69 Å². The lowest BCUT2D eigenvalue weighted by atomic mass is 10.2. The number of pyridine rings is 1. The number of nitrogens with zero attached hydrogens (tertiary/aromatic N) is 5. The summed E-state index contributed by atoms with van der Waals surface area (Å²) in [5, 5.41) is 14.9. The molecule has 0 spiro atoms. The van der Waals surface area contributed by atoms with E-state index in [1.807, 2.05) is 19.1 Å². The highest BCUT2D eigenvalue weighted by Gasteiger charge is 2.05. The van der Waals surface area contributed by atoms with Gasteiger partial charge in [0.2, 0.25) is 5.82 Å². The van der Waals surface area contributed by atoms with Gasteiger partial charge in [0, 0.05) is 6.20 Å². The molecule has 0 saturated heterocycles. The maximum Gasteiger partial charge on any atom is 0.222 e. The average molecular weight is 173 g/mol. The van der Waals surface area contributed by atoms with Crippen molar-refractivity contribution in [1.82, 2.24) is 25.4 Å². The Kier molecular flexibility index (Phi) is 1.91. The van der Waals surface area contributed by atoms with Crippen molar-refractivity contribution in [3.8, 4) is 11.5 Å². The maximum atomic E-state index is 4.14. The van der Waals surface area contributed by atoms with Crippen molar-refractivity contribution < 1.29 is 0 Å². The molecular formula is C8H7N5. The number of hydrogen-bond acceptors (Lipinski definition) is 5.